The molecule has 0 radical (unpaired) electrons. The molecule has 0 aliphatic carbocycles. The molecule has 29 heavy (non-hydrogen) atoms. The number of hydrogen-bond acceptors (Lipinski definition) is 5. The molecular formula is C23H22N4OS. The molecule has 5 nitrogen and oxygen atoms in total. The zero-order chi connectivity index (χ0) is 19.9. The smallest absolute Gasteiger partial charge is 0.191 e. The molecule has 0 N–H and O–H groups in total. The molecule has 4 rings (SSSR count). The minimum atomic E-state index is 0.609. The number of aromatic nitrogens is 4. The van der Waals surface area contributed by atoms with Crippen LogP contribution in [0.25, 0.3) is 11.4 Å². The van der Waals surface area contributed by atoms with Crippen LogP contribution in [0.15, 0.2) is 84.3 Å². The summed E-state index contributed by atoms with van der Waals surface area (Å²) >= 11 is 1.66. The fourth-order valence-corrected chi connectivity index (χ4v) is 3.78. The van der Waals surface area contributed by atoms with Gasteiger partial charge in [-0.25, -0.2) is 0 Å². The van der Waals surface area contributed by atoms with Gasteiger partial charge in [0.05, 0.1) is 13.2 Å². The summed E-state index contributed by atoms with van der Waals surface area (Å²) in [7, 11) is 0. The summed E-state index contributed by atoms with van der Waals surface area (Å²) < 4.78 is 8.08. The zero-order valence-corrected chi connectivity index (χ0v) is 17.0. The number of nitrogens with zero attached hydrogens (tertiary/aromatic N) is 4. The summed E-state index contributed by atoms with van der Waals surface area (Å²) in [6.45, 7) is 3.38. The van der Waals surface area contributed by atoms with E-state index in [4.69, 9.17) is 4.74 Å². The highest BCUT2D eigenvalue weighted by molar-refractivity contribution is 7.99. The van der Waals surface area contributed by atoms with Crippen LogP contribution in [0, 0.1) is 6.92 Å². The van der Waals surface area contributed by atoms with E-state index in [1.54, 1.807) is 24.2 Å². The normalized spacial score (nSPS) is 10.8. The first-order valence-electron chi connectivity index (χ1n) is 9.50. The van der Waals surface area contributed by atoms with Crippen molar-refractivity contribution in [2.45, 2.75) is 18.6 Å². The Bertz CT molecular complexity index is 1050. The van der Waals surface area contributed by atoms with Gasteiger partial charge < -0.3 is 4.74 Å². The molecule has 0 saturated heterocycles. The summed E-state index contributed by atoms with van der Waals surface area (Å²) in [5, 5.41) is 9.79. The number of ether oxygens (including phenoxy) is 1. The lowest BCUT2D eigenvalue weighted by molar-refractivity contribution is 0.341. The van der Waals surface area contributed by atoms with Gasteiger partial charge in [0.2, 0.25) is 0 Å². The van der Waals surface area contributed by atoms with E-state index in [1.165, 1.54) is 5.56 Å². The number of hydrogen-bond donors (Lipinski definition) is 0. The van der Waals surface area contributed by atoms with Crippen LogP contribution in [0.4, 0.5) is 0 Å². The summed E-state index contributed by atoms with van der Waals surface area (Å²) in [5.41, 5.74) is 3.36. The minimum Gasteiger partial charge on any atom is -0.492 e. The molecule has 0 bridgehead atoms. The molecule has 0 fully saturated rings. The van der Waals surface area contributed by atoms with E-state index >= 15 is 0 Å². The van der Waals surface area contributed by atoms with Crippen molar-refractivity contribution in [2.24, 2.45) is 0 Å². The van der Waals surface area contributed by atoms with Crippen molar-refractivity contribution in [3.63, 3.8) is 0 Å². The van der Waals surface area contributed by atoms with Crippen LogP contribution in [0.5, 0.6) is 5.75 Å². The highest BCUT2D eigenvalue weighted by Crippen LogP contribution is 2.25. The van der Waals surface area contributed by atoms with E-state index in [1.807, 2.05) is 36.4 Å². The Morgan fingerprint density at radius 1 is 0.897 bits per heavy atom. The van der Waals surface area contributed by atoms with Crippen LogP contribution >= 0.6 is 11.8 Å². The molecule has 4 aromatic rings. The Morgan fingerprint density at radius 3 is 2.45 bits per heavy atom. The lowest BCUT2D eigenvalue weighted by atomic mass is 10.2. The van der Waals surface area contributed by atoms with Gasteiger partial charge in [-0.3, -0.25) is 9.55 Å². The second-order valence-corrected chi connectivity index (χ2v) is 7.64. The molecule has 0 unspecified atom stereocenters. The number of pyridine rings is 1. The Labute approximate surface area is 174 Å². The number of thioether (sulfide) groups is 1. The molecule has 0 atom stereocenters. The summed E-state index contributed by atoms with van der Waals surface area (Å²) in [4.78, 5) is 4.11. The highest BCUT2D eigenvalue weighted by Gasteiger charge is 2.15. The first-order valence-corrected chi connectivity index (χ1v) is 10.5. The summed E-state index contributed by atoms with van der Waals surface area (Å²) in [6.07, 6.45) is 3.55. The van der Waals surface area contributed by atoms with Gasteiger partial charge in [0, 0.05) is 23.7 Å². The van der Waals surface area contributed by atoms with Crippen molar-refractivity contribution in [1.82, 2.24) is 19.7 Å². The maximum atomic E-state index is 5.92. The molecule has 0 aliphatic heterocycles. The van der Waals surface area contributed by atoms with E-state index in [0.29, 0.717) is 13.2 Å². The van der Waals surface area contributed by atoms with Gasteiger partial charge in [-0.05, 0) is 36.2 Å². The van der Waals surface area contributed by atoms with Crippen LogP contribution in [-0.4, -0.2) is 32.1 Å². The Morgan fingerprint density at radius 2 is 1.66 bits per heavy atom. The quantitative estimate of drug-likeness (QED) is 0.311. The van der Waals surface area contributed by atoms with Gasteiger partial charge in [0.25, 0.3) is 0 Å². The minimum absolute atomic E-state index is 0.609. The lowest BCUT2D eigenvalue weighted by Crippen LogP contribution is -2.06. The predicted molar refractivity (Wildman–Crippen MR) is 116 cm³/mol. The molecule has 0 amide bonds. The molecule has 0 spiro atoms. The van der Waals surface area contributed by atoms with Crippen molar-refractivity contribution < 1.29 is 4.74 Å². The third kappa shape index (κ3) is 4.84. The van der Waals surface area contributed by atoms with Gasteiger partial charge in [-0.2, -0.15) is 0 Å². The van der Waals surface area contributed by atoms with E-state index < -0.39 is 0 Å². The average Bonchev–Trinajstić information content (AvgIpc) is 3.16. The van der Waals surface area contributed by atoms with Gasteiger partial charge >= 0.3 is 0 Å². The Balaban J connectivity index is 1.50. The van der Waals surface area contributed by atoms with Crippen molar-refractivity contribution >= 4 is 11.8 Å². The standard InChI is InChI=1S/C23H22N4OS/c1-18-7-5-6-10-21(18)28-15-16-29-23-26-25-22(20-11-13-24-14-12-20)27(23)17-19-8-3-2-4-9-19/h2-14H,15-17H2,1H3. The maximum absolute atomic E-state index is 5.92. The van der Waals surface area contributed by atoms with Crippen molar-refractivity contribution in [3.05, 3.63) is 90.3 Å². The fraction of sp³-hybridized carbons (Fsp3) is 0.174. The molecule has 0 aliphatic rings. The largest absolute Gasteiger partial charge is 0.492 e. The van der Waals surface area contributed by atoms with Gasteiger partial charge in [-0.15, -0.1) is 10.2 Å². The van der Waals surface area contributed by atoms with E-state index in [-0.39, 0.29) is 0 Å². The molecule has 146 valence electrons. The maximum Gasteiger partial charge on any atom is 0.191 e. The number of benzene rings is 2. The molecular weight excluding hydrogens is 380 g/mol. The summed E-state index contributed by atoms with van der Waals surface area (Å²) in [6, 6.07) is 22.3. The molecule has 2 aromatic heterocycles. The van der Waals surface area contributed by atoms with Crippen molar-refractivity contribution in [1.29, 1.82) is 0 Å². The molecule has 6 heteroatoms. The van der Waals surface area contributed by atoms with Crippen LogP contribution < -0.4 is 4.74 Å². The van der Waals surface area contributed by atoms with Gasteiger partial charge in [0.1, 0.15) is 5.75 Å². The van der Waals surface area contributed by atoms with Gasteiger partial charge in [-0.1, -0.05) is 60.3 Å². The van der Waals surface area contributed by atoms with Crippen molar-refractivity contribution in [3.8, 4) is 17.1 Å². The van der Waals surface area contributed by atoms with Crippen LogP contribution in [0.1, 0.15) is 11.1 Å². The SMILES string of the molecule is Cc1ccccc1OCCSc1nnc(-c2ccncc2)n1Cc1ccccc1. The monoisotopic (exact) mass is 402 g/mol. The first kappa shape index (κ1) is 19.2. The van der Waals surface area contributed by atoms with Gasteiger partial charge in [0.15, 0.2) is 11.0 Å². The zero-order valence-electron chi connectivity index (χ0n) is 16.2. The topological polar surface area (TPSA) is 52.8 Å². The number of para-hydroxylation sites is 1. The number of aryl methyl sites for hydroxylation is 1. The first-order chi connectivity index (χ1) is 14.3. The highest BCUT2D eigenvalue weighted by atomic mass is 32.2. The van der Waals surface area contributed by atoms with E-state index in [9.17, 15) is 0 Å². The van der Waals surface area contributed by atoms with E-state index in [0.717, 1.165) is 33.6 Å². The van der Waals surface area contributed by atoms with Crippen LogP contribution in [0.3, 0.4) is 0 Å². The second-order valence-electron chi connectivity index (χ2n) is 6.58. The average molecular weight is 403 g/mol. The Hall–Kier alpha value is -3.12. The Kier molecular flexibility index (Phi) is 6.22. The molecule has 2 heterocycles. The molecule has 2 aromatic carbocycles. The van der Waals surface area contributed by atoms with Crippen LogP contribution in [-0.2, 0) is 6.54 Å². The second kappa shape index (κ2) is 9.39. The third-order valence-corrected chi connectivity index (χ3v) is 5.44. The fourth-order valence-electron chi connectivity index (χ4n) is 3.02. The van der Waals surface area contributed by atoms with E-state index in [2.05, 4.69) is 57.0 Å². The molecule has 0 saturated carbocycles. The number of rotatable bonds is 8. The summed E-state index contributed by atoms with van der Waals surface area (Å²) in [5.74, 6) is 2.56. The predicted octanol–water partition coefficient (Wildman–Crippen LogP) is 4.87. The van der Waals surface area contributed by atoms with Crippen LogP contribution in [0.2, 0.25) is 0 Å². The third-order valence-electron chi connectivity index (χ3n) is 4.50. The van der Waals surface area contributed by atoms with Crippen molar-refractivity contribution in [2.75, 3.05) is 12.4 Å². The lowest BCUT2D eigenvalue weighted by Gasteiger charge is -2.11.